The van der Waals surface area contributed by atoms with E-state index in [1.165, 1.54) is 36.8 Å². The number of benzene rings is 1. The molecule has 0 saturated heterocycles. The van der Waals surface area contributed by atoms with Crippen LogP contribution in [0.25, 0.3) is 0 Å². The van der Waals surface area contributed by atoms with Gasteiger partial charge in [-0.25, -0.2) is 0 Å². The third kappa shape index (κ3) is 1.78. The summed E-state index contributed by atoms with van der Waals surface area (Å²) in [5, 5.41) is 0. The molecule has 0 aromatic heterocycles. The Morgan fingerprint density at radius 1 is 1.17 bits per heavy atom. The fourth-order valence-corrected chi connectivity index (χ4v) is 5.23. The van der Waals surface area contributed by atoms with Crippen molar-refractivity contribution < 1.29 is 4.43 Å². The van der Waals surface area contributed by atoms with Crippen LogP contribution in [-0.4, -0.2) is 8.32 Å². The summed E-state index contributed by atoms with van der Waals surface area (Å²) in [4.78, 5) is 0. The van der Waals surface area contributed by atoms with Crippen LogP contribution in [0.4, 0.5) is 0 Å². The smallest absolute Gasteiger partial charge is 0.185 e. The topological polar surface area (TPSA) is 9.23 Å². The van der Waals surface area contributed by atoms with E-state index in [4.69, 9.17) is 4.43 Å². The molecule has 0 N–H and O–H groups in total. The van der Waals surface area contributed by atoms with Gasteiger partial charge in [-0.2, -0.15) is 0 Å². The highest BCUT2D eigenvalue weighted by atomic mass is 28.4. The first kappa shape index (κ1) is 12.4. The number of fused-ring (bicyclic) bond motifs is 3. The molecule has 0 aliphatic heterocycles. The summed E-state index contributed by atoms with van der Waals surface area (Å²) in [6.07, 6.45) is 5.07. The molecular formula is C16H24OSi. The van der Waals surface area contributed by atoms with Crippen LogP contribution in [0, 0.1) is 5.41 Å². The largest absolute Gasteiger partial charge is 0.408 e. The summed E-state index contributed by atoms with van der Waals surface area (Å²) in [5.41, 5.74) is 3.45. The highest BCUT2D eigenvalue weighted by molar-refractivity contribution is 6.69. The minimum Gasteiger partial charge on any atom is -0.408 e. The maximum Gasteiger partial charge on any atom is 0.185 e. The molecule has 98 valence electrons. The Bertz CT molecular complexity index is 476. The van der Waals surface area contributed by atoms with Crippen LogP contribution in [0.15, 0.2) is 24.3 Å². The van der Waals surface area contributed by atoms with Crippen LogP contribution in [0.3, 0.4) is 0 Å². The molecule has 0 spiro atoms. The predicted molar refractivity (Wildman–Crippen MR) is 78.2 cm³/mol. The molecule has 0 radical (unpaired) electrons. The molecule has 2 atom stereocenters. The lowest BCUT2D eigenvalue weighted by Gasteiger charge is -2.31. The number of aryl methyl sites for hydroxylation is 1. The van der Waals surface area contributed by atoms with Crippen LogP contribution in [0.5, 0.6) is 0 Å². The van der Waals surface area contributed by atoms with Gasteiger partial charge in [0.05, 0.1) is 5.60 Å². The molecule has 1 aromatic rings. The molecule has 1 aromatic carbocycles. The van der Waals surface area contributed by atoms with Gasteiger partial charge in [0.1, 0.15) is 0 Å². The van der Waals surface area contributed by atoms with Crippen LogP contribution in [0.1, 0.15) is 37.3 Å². The molecular weight excluding hydrogens is 236 g/mol. The van der Waals surface area contributed by atoms with Gasteiger partial charge >= 0.3 is 0 Å². The Balaban J connectivity index is 2.08. The minimum absolute atomic E-state index is 0.0462. The molecule has 2 aliphatic carbocycles. The lowest BCUT2D eigenvalue weighted by Crippen LogP contribution is -2.35. The Kier molecular flexibility index (Phi) is 2.56. The second-order valence-electron chi connectivity index (χ2n) is 7.29. The SMILES string of the molecule is CC12CCCc3ccccc3C1(O[Si](C)(C)C)C2. The van der Waals surface area contributed by atoms with Crippen molar-refractivity contribution in [2.45, 2.75) is 57.8 Å². The molecule has 18 heavy (non-hydrogen) atoms. The van der Waals surface area contributed by atoms with Gasteiger partial charge in [-0.1, -0.05) is 31.2 Å². The third-order valence-corrected chi connectivity index (χ3v) is 5.56. The predicted octanol–water partition coefficient (Wildman–Crippen LogP) is 4.48. The van der Waals surface area contributed by atoms with Gasteiger partial charge in [0.25, 0.3) is 0 Å². The molecule has 1 fully saturated rings. The molecule has 1 nitrogen and oxygen atoms in total. The van der Waals surface area contributed by atoms with Gasteiger partial charge in [0, 0.05) is 5.41 Å². The van der Waals surface area contributed by atoms with Crippen LogP contribution < -0.4 is 0 Å². The zero-order valence-electron chi connectivity index (χ0n) is 12.0. The Morgan fingerprint density at radius 2 is 1.89 bits per heavy atom. The van der Waals surface area contributed by atoms with Crippen LogP contribution in [-0.2, 0) is 16.4 Å². The maximum absolute atomic E-state index is 6.69. The van der Waals surface area contributed by atoms with Crippen molar-refractivity contribution in [2.75, 3.05) is 0 Å². The first-order valence-corrected chi connectivity index (χ1v) is 10.6. The molecule has 2 heteroatoms. The zero-order valence-corrected chi connectivity index (χ0v) is 13.0. The number of rotatable bonds is 2. The summed E-state index contributed by atoms with van der Waals surface area (Å²) < 4.78 is 6.69. The lowest BCUT2D eigenvalue weighted by molar-refractivity contribution is 0.121. The van der Waals surface area contributed by atoms with E-state index in [0.717, 1.165) is 0 Å². The zero-order chi connectivity index (χ0) is 13.0. The molecule has 2 unspecified atom stereocenters. The summed E-state index contributed by atoms with van der Waals surface area (Å²) in [6.45, 7) is 9.37. The normalized spacial score (nSPS) is 34.4. The fraction of sp³-hybridized carbons (Fsp3) is 0.625. The monoisotopic (exact) mass is 260 g/mol. The van der Waals surface area contributed by atoms with Crippen molar-refractivity contribution in [3.8, 4) is 0 Å². The van der Waals surface area contributed by atoms with E-state index in [1.807, 2.05) is 0 Å². The van der Waals surface area contributed by atoms with E-state index in [2.05, 4.69) is 50.8 Å². The van der Waals surface area contributed by atoms with Crippen molar-refractivity contribution in [2.24, 2.45) is 5.41 Å². The number of hydrogen-bond donors (Lipinski definition) is 0. The van der Waals surface area contributed by atoms with E-state index in [-0.39, 0.29) is 5.60 Å². The lowest BCUT2D eigenvalue weighted by atomic mass is 9.95. The average Bonchev–Trinajstić information content (AvgIpc) is 2.83. The third-order valence-electron chi connectivity index (χ3n) is 4.60. The Hall–Kier alpha value is -0.603. The quantitative estimate of drug-likeness (QED) is 0.712. The molecule has 0 heterocycles. The van der Waals surface area contributed by atoms with E-state index in [1.54, 1.807) is 0 Å². The van der Waals surface area contributed by atoms with Crippen molar-refractivity contribution in [1.82, 2.24) is 0 Å². The molecule has 0 amide bonds. The summed E-state index contributed by atoms with van der Waals surface area (Å²) >= 11 is 0. The first-order valence-electron chi connectivity index (χ1n) is 7.15. The first-order chi connectivity index (χ1) is 8.36. The summed E-state index contributed by atoms with van der Waals surface area (Å²) in [5.74, 6) is 0. The van der Waals surface area contributed by atoms with Gasteiger partial charge in [-0.3, -0.25) is 0 Å². The van der Waals surface area contributed by atoms with E-state index >= 15 is 0 Å². The highest BCUT2D eigenvalue weighted by Crippen LogP contribution is 2.70. The summed E-state index contributed by atoms with van der Waals surface area (Å²) in [7, 11) is -1.51. The molecule has 2 aliphatic rings. The van der Waals surface area contributed by atoms with Crippen molar-refractivity contribution >= 4 is 8.32 Å². The van der Waals surface area contributed by atoms with Crippen LogP contribution in [0.2, 0.25) is 19.6 Å². The van der Waals surface area contributed by atoms with Crippen molar-refractivity contribution in [3.63, 3.8) is 0 Å². The van der Waals surface area contributed by atoms with Crippen molar-refractivity contribution in [3.05, 3.63) is 35.4 Å². The van der Waals surface area contributed by atoms with Crippen molar-refractivity contribution in [1.29, 1.82) is 0 Å². The second kappa shape index (κ2) is 3.70. The van der Waals surface area contributed by atoms with Gasteiger partial charge in [-0.05, 0) is 56.5 Å². The highest BCUT2D eigenvalue weighted by Gasteiger charge is 2.67. The molecule has 1 saturated carbocycles. The standard InChI is InChI=1S/C16H24OSi/c1-15-11-7-9-13-8-5-6-10-14(13)16(15,12-15)17-18(2,3)4/h5-6,8,10H,7,9,11-12H2,1-4H3. The van der Waals surface area contributed by atoms with Gasteiger partial charge in [-0.15, -0.1) is 0 Å². The fourth-order valence-electron chi connectivity index (χ4n) is 3.75. The van der Waals surface area contributed by atoms with Crippen LogP contribution >= 0.6 is 0 Å². The Labute approximate surface area is 112 Å². The van der Waals surface area contributed by atoms with Gasteiger partial charge in [0.2, 0.25) is 0 Å². The number of hydrogen-bond acceptors (Lipinski definition) is 1. The van der Waals surface area contributed by atoms with Gasteiger partial charge in [0.15, 0.2) is 8.32 Å². The Morgan fingerprint density at radius 3 is 2.61 bits per heavy atom. The molecule has 3 rings (SSSR count). The minimum atomic E-state index is -1.51. The van der Waals surface area contributed by atoms with Gasteiger partial charge < -0.3 is 4.43 Å². The van der Waals surface area contributed by atoms with E-state index in [9.17, 15) is 0 Å². The second-order valence-corrected chi connectivity index (χ2v) is 11.7. The summed E-state index contributed by atoms with van der Waals surface area (Å²) in [6, 6.07) is 8.96. The van der Waals surface area contributed by atoms with E-state index in [0.29, 0.717) is 5.41 Å². The maximum atomic E-state index is 6.69. The molecule has 0 bridgehead atoms. The average molecular weight is 260 g/mol. The van der Waals surface area contributed by atoms with E-state index < -0.39 is 8.32 Å².